The number of hydrogen-bond donors (Lipinski definition) is 1. The third-order valence-corrected chi connectivity index (χ3v) is 2.76. The molecule has 76 valence electrons. The van der Waals surface area contributed by atoms with Crippen molar-refractivity contribution in [2.24, 2.45) is 5.73 Å². The first-order valence-corrected chi connectivity index (χ1v) is 5.66. The predicted molar refractivity (Wildman–Crippen MR) is 60.8 cm³/mol. The summed E-state index contributed by atoms with van der Waals surface area (Å²) in [4.78, 5) is 12.7. The van der Waals surface area contributed by atoms with Crippen molar-refractivity contribution in [3.05, 3.63) is 29.8 Å². The van der Waals surface area contributed by atoms with Gasteiger partial charge in [-0.2, -0.15) is 0 Å². The summed E-state index contributed by atoms with van der Waals surface area (Å²) in [6.45, 7) is 3.81. The third-order valence-electron chi connectivity index (χ3n) is 1.86. The number of Topliss-reactive ketones (excluding diaryl/α,β-unsaturated/α-hetero) is 1. The number of hydrogen-bond acceptors (Lipinski definition) is 3. The number of carbonyl (C=O) groups excluding carboxylic acids is 1. The largest absolute Gasteiger partial charge is 0.321 e. The fraction of sp³-hybridized carbons (Fsp3) is 0.364. The van der Waals surface area contributed by atoms with E-state index in [2.05, 4.69) is 6.92 Å². The van der Waals surface area contributed by atoms with Gasteiger partial charge in [-0.3, -0.25) is 4.79 Å². The van der Waals surface area contributed by atoms with Crippen LogP contribution >= 0.6 is 11.8 Å². The zero-order valence-corrected chi connectivity index (χ0v) is 9.30. The fourth-order valence-electron chi connectivity index (χ4n) is 1.14. The van der Waals surface area contributed by atoms with Gasteiger partial charge < -0.3 is 5.73 Å². The van der Waals surface area contributed by atoms with Gasteiger partial charge in [-0.05, 0) is 24.8 Å². The minimum atomic E-state index is -0.417. The summed E-state index contributed by atoms with van der Waals surface area (Å²) in [5.41, 5.74) is 6.20. The number of ketones is 1. The van der Waals surface area contributed by atoms with E-state index in [0.29, 0.717) is 5.56 Å². The Morgan fingerprint density at radius 3 is 2.43 bits per heavy atom. The molecule has 1 aromatic rings. The summed E-state index contributed by atoms with van der Waals surface area (Å²) < 4.78 is 0. The van der Waals surface area contributed by atoms with Crippen molar-refractivity contribution in [1.82, 2.24) is 0 Å². The molecule has 0 saturated carbocycles. The molecule has 0 unspecified atom stereocenters. The lowest BCUT2D eigenvalue weighted by molar-refractivity contribution is 0.0968. The van der Waals surface area contributed by atoms with Crippen molar-refractivity contribution >= 4 is 17.5 Å². The van der Waals surface area contributed by atoms with Gasteiger partial charge in [0.15, 0.2) is 5.78 Å². The summed E-state index contributed by atoms with van der Waals surface area (Å²) in [7, 11) is 0. The van der Waals surface area contributed by atoms with Crippen molar-refractivity contribution in [2.45, 2.75) is 24.8 Å². The van der Waals surface area contributed by atoms with Gasteiger partial charge in [-0.1, -0.05) is 19.1 Å². The van der Waals surface area contributed by atoms with Gasteiger partial charge in [0.1, 0.15) is 0 Å². The van der Waals surface area contributed by atoms with Crippen LogP contribution in [0.2, 0.25) is 0 Å². The molecule has 0 spiro atoms. The summed E-state index contributed by atoms with van der Waals surface area (Å²) in [6.07, 6.45) is 0. The number of carbonyl (C=O) groups is 1. The first kappa shape index (κ1) is 11.3. The molecule has 0 aliphatic carbocycles. The molecule has 1 atom stereocenters. The highest BCUT2D eigenvalue weighted by Gasteiger charge is 2.09. The summed E-state index contributed by atoms with van der Waals surface area (Å²) >= 11 is 1.76. The molecule has 1 aromatic carbocycles. The fourth-order valence-corrected chi connectivity index (χ4v) is 1.81. The Balaban J connectivity index is 2.78. The van der Waals surface area contributed by atoms with Crippen LogP contribution in [0.5, 0.6) is 0 Å². The zero-order valence-electron chi connectivity index (χ0n) is 8.49. The second kappa shape index (κ2) is 5.17. The molecule has 0 amide bonds. The van der Waals surface area contributed by atoms with Crippen LogP contribution in [0.15, 0.2) is 29.2 Å². The van der Waals surface area contributed by atoms with Crippen LogP contribution < -0.4 is 5.73 Å². The molecular formula is C11H15NOS. The van der Waals surface area contributed by atoms with E-state index in [-0.39, 0.29) is 5.78 Å². The molecule has 2 nitrogen and oxygen atoms in total. The van der Waals surface area contributed by atoms with Crippen LogP contribution in [0.4, 0.5) is 0 Å². The Morgan fingerprint density at radius 1 is 1.43 bits per heavy atom. The Bertz CT molecular complexity index is 306. The lowest BCUT2D eigenvalue weighted by Crippen LogP contribution is -2.26. The lowest BCUT2D eigenvalue weighted by atomic mass is 10.1. The molecule has 14 heavy (non-hydrogen) atoms. The Morgan fingerprint density at radius 2 is 2.00 bits per heavy atom. The molecule has 0 heterocycles. The molecule has 0 aromatic heterocycles. The molecule has 0 radical (unpaired) electrons. The highest BCUT2D eigenvalue weighted by molar-refractivity contribution is 7.99. The van der Waals surface area contributed by atoms with E-state index in [9.17, 15) is 4.79 Å². The van der Waals surface area contributed by atoms with Gasteiger partial charge in [0, 0.05) is 10.5 Å². The lowest BCUT2D eigenvalue weighted by Gasteiger charge is -2.04. The maximum atomic E-state index is 11.5. The van der Waals surface area contributed by atoms with E-state index in [4.69, 9.17) is 5.73 Å². The molecule has 1 rings (SSSR count). The van der Waals surface area contributed by atoms with Crippen LogP contribution in [-0.2, 0) is 0 Å². The van der Waals surface area contributed by atoms with Crippen molar-refractivity contribution in [3.8, 4) is 0 Å². The molecule has 0 fully saturated rings. The number of thioether (sulfide) groups is 1. The second-order valence-corrected chi connectivity index (χ2v) is 4.45. The average Bonchev–Trinajstić information content (AvgIpc) is 2.18. The van der Waals surface area contributed by atoms with E-state index in [1.807, 2.05) is 24.3 Å². The van der Waals surface area contributed by atoms with Gasteiger partial charge in [0.2, 0.25) is 0 Å². The highest BCUT2D eigenvalue weighted by Crippen LogP contribution is 2.18. The molecule has 2 N–H and O–H groups in total. The number of rotatable bonds is 4. The molecule has 0 aliphatic rings. The number of nitrogens with two attached hydrogens (primary N) is 1. The van der Waals surface area contributed by atoms with E-state index in [1.54, 1.807) is 18.7 Å². The van der Waals surface area contributed by atoms with Crippen LogP contribution in [0.3, 0.4) is 0 Å². The maximum Gasteiger partial charge on any atom is 0.179 e. The standard InChI is InChI=1S/C11H15NOS/c1-3-14-10-6-4-9(5-7-10)11(13)8(2)12/h4-8H,3,12H2,1-2H3/t8-/m0/s1. The molecule has 0 saturated heterocycles. The zero-order chi connectivity index (χ0) is 10.6. The van der Waals surface area contributed by atoms with Crippen LogP contribution in [-0.4, -0.2) is 17.6 Å². The minimum Gasteiger partial charge on any atom is -0.321 e. The average molecular weight is 209 g/mol. The normalized spacial score (nSPS) is 12.5. The van der Waals surface area contributed by atoms with Crippen LogP contribution in [0, 0.1) is 0 Å². The van der Waals surface area contributed by atoms with Gasteiger partial charge in [-0.15, -0.1) is 11.8 Å². The first-order valence-electron chi connectivity index (χ1n) is 4.67. The Labute approximate surface area is 88.9 Å². The van der Waals surface area contributed by atoms with Gasteiger partial charge in [-0.25, -0.2) is 0 Å². The molecule has 0 aliphatic heterocycles. The third kappa shape index (κ3) is 2.86. The van der Waals surface area contributed by atoms with Gasteiger partial charge in [0.25, 0.3) is 0 Å². The van der Waals surface area contributed by atoms with Crippen molar-refractivity contribution in [1.29, 1.82) is 0 Å². The topological polar surface area (TPSA) is 43.1 Å². The minimum absolute atomic E-state index is 0.00181. The van der Waals surface area contributed by atoms with Crippen LogP contribution in [0.25, 0.3) is 0 Å². The second-order valence-electron chi connectivity index (χ2n) is 3.11. The maximum absolute atomic E-state index is 11.5. The van der Waals surface area contributed by atoms with E-state index in [1.165, 1.54) is 4.90 Å². The molecule has 0 bridgehead atoms. The van der Waals surface area contributed by atoms with E-state index >= 15 is 0 Å². The van der Waals surface area contributed by atoms with Crippen molar-refractivity contribution in [2.75, 3.05) is 5.75 Å². The Kier molecular flexibility index (Phi) is 4.17. The highest BCUT2D eigenvalue weighted by atomic mass is 32.2. The smallest absolute Gasteiger partial charge is 0.179 e. The predicted octanol–water partition coefficient (Wildman–Crippen LogP) is 2.33. The van der Waals surface area contributed by atoms with Crippen LogP contribution in [0.1, 0.15) is 24.2 Å². The number of benzene rings is 1. The molecular weight excluding hydrogens is 194 g/mol. The summed E-state index contributed by atoms with van der Waals surface area (Å²) in [5.74, 6) is 1.04. The van der Waals surface area contributed by atoms with Crippen molar-refractivity contribution < 1.29 is 4.79 Å². The molecule has 3 heteroatoms. The van der Waals surface area contributed by atoms with E-state index in [0.717, 1.165) is 5.75 Å². The van der Waals surface area contributed by atoms with Crippen molar-refractivity contribution in [3.63, 3.8) is 0 Å². The Hall–Kier alpha value is -0.800. The SMILES string of the molecule is CCSc1ccc(C(=O)[C@H](C)N)cc1. The van der Waals surface area contributed by atoms with Gasteiger partial charge >= 0.3 is 0 Å². The van der Waals surface area contributed by atoms with E-state index < -0.39 is 6.04 Å². The summed E-state index contributed by atoms with van der Waals surface area (Å²) in [5, 5.41) is 0. The van der Waals surface area contributed by atoms with Gasteiger partial charge in [0.05, 0.1) is 6.04 Å². The summed E-state index contributed by atoms with van der Waals surface area (Å²) in [6, 6.07) is 7.18. The first-order chi connectivity index (χ1) is 6.65. The monoisotopic (exact) mass is 209 g/mol. The quantitative estimate of drug-likeness (QED) is 0.611.